The molecule has 0 unspecified atom stereocenters. The summed E-state index contributed by atoms with van der Waals surface area (Å²) < 4.78 is 10.9. The molecule has 0 aromatic heterocycles. The molecule has 4 N–H and O–H groups in total. The maximum atomic E-state index is 11.5. The highest BCUT2D eigenvalue weighted by atomic mass is 16.5. The third kappa shape index (κ3) is 4.62. The first-order valence-corrected chi connectivity index (χ1v) is 6.30. The molecule has 0 bridgehead atoms. The summed E-state index contributed by atoms with van der Waals surface area (Å²) in [6, 6.07) is 2.99. The lowest BCUT2D eigenvalue weighted by atomic mass is 10.0. The van der Waals surface area contributed by atoms with Crippen LogP contribution >= 0.6 is 0 Å². The molecule has 1 aromatic carbocycles. The van der Waals surface area contributed by atoms with Gasteiger partial charge in [0.2, 0.25) is 5.91 Å². The number of benzene rings is 1. The Kier molecular flexibility index (Phi) is 6.45. The molecule has 114 valence electrons. The van der Waals surface area contributed by atoms with E-state index in [0.717, 1.165) is 0 Å². The van der Waals surface area contributed by atoms with Crippen molar-refractivity contribution in [2.45, 2.75) is 12.7 Å². The molecule has 0 radical (unpaired) electrons. The molecule has 0 atom stereocenters. The molecule has 6 heteroatoms. The molecule has 6 nitrogen and oxygen atoms in total. The van der Waals surface area contributed by atoms with Crippen LogP contribution in [0.25, 0.3) is 0 Å². The Morgan fingerprint density at radius 2 is 1.86 bits per heavy atom. The van der Waals surface area contributed by atoms with Crippen molar-refractivity contribution in [3.8, 4) is 11.5 Å². The van der Waals surface area contributed by atoms with Gasteiger partial charge in [-0.1, -0.05) is 25.3 Å². The zero-order valence-corrected chi connectivity index (χ0v) is 11.6. The van der Waals surface area contributed by atoms with Crippen molar-refractivity contribution in [3.05, 3.63) is 48.6 Å². The van der Waals surface area contributed by atoms with Crippen LogP contribution in [0.2, 0.25) is 0 Å². The molecular formula is C15H19NO5. The van der Waals surface area contributed by atoms with E-state index in [0.29, 0.717) is 5.75 Å². The largest absolute Gasteiger partial charge is 0.486 e. The fraction of sp³-hybridized carbons (Fsp3) is 0.267. The summed E-state index contributed by atoms with van der Waals surface area (Å²) in [5, 5.41) is 18.4. The van der Waals surface area contributed by atoms with Gasteiger partial charge in [-0.05, 0) is 12.1 Å². The summed E-state index contributed by atoms with van der Waals surface area (Å²) in [6.07, 6.45) is 1.22. The van der Waals surface area contributed by atoms with Crippen LogP contribution in [0.4, 0.5) is 0 Å². The molecule has 0 fully saturated rings. The van der Waals surface area contributed by atoms with Crippen molar-refractivity contribution in [2.24, 2.45) is 5.73 Å². The Morgan fingerprint density at radius 1 is 1.24 bits per heavy atom. The first kappa shape index (κ1) is 16.7. The van der Waals surface area contributed by atoms with Crippen molar-refractivity contribution >= 4 is 5.91 Å². The average Bonchev–Trinajstić information content (AvgIpc) is 2.42. The number of aliphatic hydroxyl groups is 2. The molecule has 1 rings (SSSR count). The standard InChI is InChI=1S/C15H19NO5/c1-3-7-20-12-6-5-10(15(16)19)11(9-13(17)18)14(12)21-8-4-2/h3-6,13,17-18H,1-2,7-9H2,(H2,16,19). The third-order valence-corrected chi connectivity index (χ3v) is 2.58. The van der Waals surface area contributed by atoms with E-state index in [9.17, 15) is 15.0 Å². The van der Waals surface area contributed by atoms with E-state index >= 15 is 0 Å². The second kappa shape index (κ2) is 8.08. The van der Waals surface area contributed by atoms with Gasteiger partial charge >= 0.3 is 0 Å². The fourth-order valence-corrected chi connectivity index (χ4v) is 1.79. The summed E-state index contributed by atoms with van der Waals surface area (Å²) in [6.45, 7) is 7.50. The van der Waals surface area contributed by atoms with Crippen LogP contribution < -0.4 is 15.2 Å². The lowest BCUT2D eigenvalue weighted by Crippen LogP contribution is -2.19. The lowest BCUT2D eigenvalue weighted by molar-refractivity contribution is -0.0386. The van der Waals surface area contributed by atoms with Gasteiger partial charge in [0.05, 0.1) is 0 Å². The van der Waals surface area contributed by atoms with E-state index in [1.54, 1.807) is 6.08 Å². The average molecular weight is 293 g/mol. The van der Waals surface area contributed by atoms with E-state index in [1.165, 1.54) is 18.2 Å². The minimum atomic E-state index is -1.65. The summed E-state index contributed by atoms with van der Waals surface area (Å²) in [7, 11) is 0. The SMILES string of the molecule is C=CCOc1ccc(C(N)=O)c(CC(O)O)c1OCC=C. The van der Waals surface area contributed by atoms with Gasteiger partial charge < -0.3 is 25.4 Å². The van der Waals surface area contributed by atoms with Gasteiger partial charge in [-0.25, -0.2) is 0 Å². The number of hydrogen-bond donors (Lipinski definition) is 3. The van der Waals surface area contributed by atoms with Crippen LogP contribution in [0.3, 0.4) is 0 Å². The fourth-order valence-electron chi connectivity index (χ4n) is 1.79. The van der Waals surface area contributed by atoms with E-state index < -0.39 is 12.2 Å². The summed E-state index contributed by atoms with van der Waals surface area (Å²) in [5.41, 5.74) is 5.73. The predicted molar refractivity (Wildman–Crippen MR) is 78.3 cm³/mol. The molecule has 0 heterocycles. The monoisotopic (exact) mass is 293 g/mol. The minimum Gasteiger partial charge on any atom is -0.486 e. The first-order valence-electron chi connectivity index (χ1n) is 6.30. The van der Waals surface area contributed by atoms with Crippen LogP contribution in [-0.2, 0) is 6.42 Å². The van der Waals surface area contributed by atoms with Gasteiger partial charge in [0.25, 0.3) is 0 Å². The quantitative estimate of drug-likeness (QED) is 0.461. The molecular weight excluding hydrogens is 274 g/mol. The number of hydrogen-bond acceptors (Lipinski definition) is 5. The van der Waals surface area contributed by atoms with Crippen LogP contribution in [-0.4, -0.2) is 35.6 Å². The summed E-state index contributed by atoms with van der Waals surface area (Å²) >= 11 is 0. The number of rotatable bonds is 9. The van der Waals surface area contributed by atoms with Crippen LogP contribution in [0.1, 0.15) is 15.9 Å². The number of carbonyl (C=O) groups excluding carboxylic acids is 1. The van der Waals surface area contributed by atoms with E-state index in [4.69, 9.17) is 15.2 Å². The second-order valence-electron chi connectivity index (χ2n) is 4.17. The first-order chi connectivity index (χ1) is 10.0. The van der Waals surface area contributed by atoms with Gasteiger partial charge in [0.15, 0.2) is 17.8 Å². The highest BCUT2D eigenvalue weighted by molar-refractivity contribution is 5.95. The van der Waals surface area contributed by atoms with Crippen LogP contribution in [0.15, 0.2) is 37.4 Å². The highest BCUT2D eigenvalue weighted by Crippen LogP contribution is 2.35. The van der Waals surface area contributed by atoms with Crippen LogP contribution in [0.5, 0.6) is 11.5 Å². The lowest BCUT2D eigenvalue weighted by Gasteiger charge is -2.18. The molecule has 0 saturated carbocycles. The van der Waals surface area contributed by atoms with Crippen molar-refractivity contribution in [2.75, 3.05) is 13.2 Å². The van der Waals surface area contributed by atoms with Crippen molar-refractivity contribution in [3.63, 3.8) is 0 Å². The van der Waals surface area contributed by atoms with Gasteiger partial charge in [0.1, 0.15) is 13.2 Å². The number of ether oxygens (including phenoxy) is 2. The zero-order chi connectivity index (χ0) is 15.8. The Labute approximate surface area is 123 Å². The van der Waals surface area contributed by atoms with Gasteiger partial charge in [-0.2, -0.15) is 0 Å². The van der Waals surface area contributed by atoms with Crippen LogP contribution in [0, 0.1) is 0 Å². The number of nitrogens with two attached hydrogens (primary N) is 1. The molecule has 1 amide bonds. The van der Waals surface area contributed by atoms with Gasteiger partial charge in [-0.3, -0.25) is 4.79 Å². The number of carbonyl (C=O) groups is 1. The van der Waals surface area contributed by atoms with Gasteiger partial charge in [-0.15, -0.1) is 0 Å². The third-order valence-electron chi connectivity index (χ3n) is 2.58. The van der Waals surface area contributed by atoms with E-state index in [-0.39, 0.29) is 36.5 Å². The van der Waals surface area contributed by atoms with E-state index in [1.807, 2.05) is 0 Å². The minimum absolute atomic E-state index is 0.146. The maximum Gasteiger partial charge on any atom is 0.249 e. The molecule has 0 aliphatic rings. The molecule has 21 heavy (non-hydrogen) atoms. The maximum absolute atomic E-state index is 11.5. The normalized spacial score (nSPS) is 10.2. The Balaban J connectivity index is 3.35. The molecule has 0 aliphatic carbocycles. The Bertz CT molecular complexity index is 525. The summed E-state index contributed by atoms with van der Waals surface area (Å²) in [5.74, 6) is -0.0945. The van der Waals surface area contributed by atoms with Crippen molar-refractivity contribution < 1.29 is 24.5 Å². The molecule has 0 spiro atoms. The molecule has 0 aliphatic heterocycles. The second-order valence-corrected chi connectivity index (χ2v) is 4.17. The van der Waals surface area contributed by atoms with Crippen molar-refractivity contribution in [1.29, 1.82) is 0 Å². The number of aliphatic hydroxyl groups excluding tert-OH is 1. The summed E-state index contributed by atoms with van der Waals surface area (Å²) in [4.78, 5) is 11.5. The highest BCUT2D eigenvalue weighted by Gasteiger charge is 2.20. The smallest absolute Gasteiger partial charge is 0.249 e. The number of primary amides is 1. The zero-order valence-electron chi connectivity index (χ0n) is 11.6. The molecule has 0 saturated heterocycles. The topological polar surface area (TPSA) is 102 Å². The van der Waals surface area contributed by atoms with Gasteiger partial charge in [0, 0.05) is 17.5 Å². The molecule has 1 aromatic rings. The number of amides is 1. The van der Waals surface area contributed by atoms with E-state index in [2.05, 4.69) is 13.2 Å². The Morgan fingerprint density at radius 3 is 2.38 bits per heavy atom. The Hall–Kier alpha value is -2.31. The van der Waals surface area contributed by atoms with Crippen molar-refractivity contribution in [1.82, 2.24) is 0 Å². The predicted octanol–water partition coefficient (Wildman–Crippen LogP) is 0.768.